The Bertz CT molecular complexity index is 523. The molecule has 1 atom stereocenters. The van der Waals surface area contributed by atoms with Crippen LogP contribution in [0.5, 0.6) is 0 Å². The number of unbranched alkanes of at least 4 members (excludes halogenated alkanes) is 10. The molecule has 1 unspecified atom stereocenters. The van der Waals surface area contributed by atoms with Gasteiger partial charge in [0.05, 0.1) is 12.2 Å². The van der Waals surface area contributed by atoms with Gasteiger partial charge in [-0.3, -0.25) is 4.79 Å². The SMILES string of the molecule is CC(=O)OCCCCCCCCCCCCCC1OC(=O)C(C)=C1C(=O)O. The van der Waals surface area contributed by atoms with E-state index in [1.807, 2.05) is 0 Å². The van der Waals surface area contributed by atoms with Crippen LogP contribution in [0.4, 0.5) is 0 Å². The van der Waals surface area contributed by atoms with Gasteiger partial charge < -0.3 is 14.6 Å². The van der Waals surface area contributed by atoms with Crippen molar-refractivity contribution < 1.29 is 29.0 Å². The minimum atomic E-state index is -1.05. The summed E-state index contributed by atoms with van der Waals surface area (Å²) in [5, 5.41) is 9.19. The van der Waals surface area contributed by atoms with Crippen molar-refractivity contribution in [3.05, 3.63) is 11.1 Å². The molecule has 27 heavy (non-hydrogen) atoms. The first-order valence-corrected chi connectivity index (χ1v) is 10.2. The van der Waals surface area contributed by atoms with Gasteiger partial charge in [-0.1, -0.05) is 57.8 Å². The van der Waals surface area contributed by atoms with Gasteiger partial charge in [-0.25, -0.2) is 9.59 Å². The van der Waals surface area contributed by atoms with Gasteiger partial charge in [-0.15, -0.1) is 0 Å². The average molecular weight is 382 g/mol. The molecular weight excluding hydrogens is 348 g/mol. The number of carboxylic acids is 1. The van der Waals surface area contributed by atoms with E-state index in [1.54, 1.807) is 0 Å². The highest BCUT2D eigenvalue weighted by Crippen LogP contribution is 2.26. The Balaban J connectivity index is 1.92. The number of carbonyl (C=O) groups is 3. The molecule has 0 amide bonds. The summed E-state index contributed by atoms with van der Waals surface area (Å²) in [5.41, 5.74) is 0.367. The van der Waals surface area contributed by atoms with Crippen LogP contribution in [-0.2, 0) is 23.9 Å². The fourth-order valence-electron chi connectivity index (χ4n) is 3.37. The Hall–Kier alpha value is -1.85. The van der Waals surface area contributed by atoms with Gasteiger partial charge in [0.15, 0.2) is 0 Å². The van der Waals surface area contributed by atoms with Gasteiger partial charge >= 0.3 is 17.9 Å². The summed E-state index contributed by atoms with van der Waals surface area (Å²) in [4.78, 5) is 33.3. The Kier molecular flexibility index (Phi) is 11.5. The number of ether oxygens (including phenoxy) is 2. The van der Waals surface area contributed by atoms with E-state index < -0.39 is 18.0 Å². The lowest BCUT2D eigenvalue weighted by Crippen LogP contribution is -2.17. The maximum atomic E-state index is 11.5. The third-order valence-corrected chi connectivity index (χ3v) is 4.93. The van der Waals surface area contributed by atoms with Crippen LogP contribution in [0, 0.1) is 0 Å². The van der Waals surface area contributed by atoms with E-state index in [1.165, 1.54) is 52.4 Å². The molecule has 0 saturated carbocycles. The second-order valence-electron chi connectivity index (χ2n) is 7.26. The molecule has 0 aromatic heterocycles. The molecule has 0 bridgehead atoms. The van der Waals surface area contributed by atoms with Gasteiger partial charge in [0.2, 0.25) is 0 Å². The number of hydrogen-bond donors (Lipinski definition) is 1. The number of carboxylic acid groups (broad SMARTS) is 1. The Morgan fingerprint density at radius 3 is 1.89 bits per heavy atom. The predicted octanol–water partition coefficient (Wildman–Crippen LogP) is 4.56. The van der Waals surface area contributed by atoms with Crippen LogP contribution >= 0.6 is 0 Å². The number of carbonyl (C=O) groups excluding carboxylic acids is 2. The van der Waals surface area contributed by atoms with Crippen LogP contribution < -0.4 is 0 Å². The number of rotatable bonds is 15. The highest BCUT2D eigenvalue weighted by atomic mass is 16.6. The lowest BCUT2D eigenvalue weighted by molar-refractivity contribution is -0.142. The second kappa shape index (κ2) is 13.3. The molecule has 1 N–H and O–H groups in total. The number of hydrogen-bond acceptors (Lipinski definition) is 5. The lowest BCUT2D eigenvalue weighted by atomic mass is 10.00. The highest BCUT2D eigenvalue weighted by molar-refractivity contribution is 6.03. The molecule has 6 heteroatoms. The van der Waals surface area contributed by atoms with Gasteiger partial charge in [0.25, 0.3) is 0 Å². The van der Waals surface area contributed by atoms with Crippen LogP contribution in [-0.4, -0.2) is 35.7 Å². The van der Waals surface area contributed by atoms with E-state index in [-0.39, 0.29) is 17.1 Å². The number of aliphatic carboxylic acids is 1. The summed E-state index contributed by atoms with van der Waals surface area (Å²) in [6, 6.07) is 0. The van der Waals surface area contributed by atoms with E-state index >= 15 is 0 Å². The molecule has 1 rings (SSSR count). The summed E-state index contributed by atoms with van der Waals surface area (Å²) in [6.45, 7) is 3.50. The van der Waals surface area contributed by atoms with Crippen LogP contribution in [0.15, 0.2) is 11.1 Å². The number of esters is 2. The zero-order chi connectivity index (χ0) is 20.1. The molecular formula is C21H34O6. The van der Waals surface area contributed by atoms with E-state index in [0.29, 0.717) is 13.0 Å². The van der Waals surface area contributed by atoms with Crippen molar-refractivity contribution in [2.45, 2.75) is 97.0 Å². The van der Waals surface area contributed by atoms with E-state index in [2.05, 4.69) is 0 Å². The fourth-order valence-corrected chi connectivity index (χ4v) is 3.37. The van der Waals surface area contributed by atoms with Crippen molar-refractivity contribution in [3.63, 3.8) is 0 Å². The summed E-state index contributed by atoms with van der Waals surface area (Å²) >= 11 is 0. The van der Waals surface area contributed by atoms with E-state index in [0.717, 1.165) is 32.1 Å². The second-order valence-corrected chi connectivity index (χ2v) is 7.26. The van der Waals surface area contributed by atoms with Gasteiger partial charge in [0.1, 0.15) is 6.10 Å². The van der Waals surface area contributed by atoms with Crippen molar-refractivity contribution in [3.8, 4) is 0 Å². The molecule has 0 aromatic rings. The molecule has 0 saturated heterocycles. The zero-order valence-electron chi connectivity index (χ0n) is 16.8. The molecule has 0 aliphatic carbocycles. The third-order valence-electron chi connectivity index (χ3n) is 4.93. The van der Waals surface area contributed by atoms with Crippen LogP contribution in [0.3, 0.4) is 0 Å². The standard InChI is InChI=1S/C21H34O6/c1-16-19(20(23)24)18(27-21(16)25)14-12-10-8-6-4-3-5-7-9-11-13-15-26-17(2)22/h18H,3-15H2,1-2H3,(H,23,24). The molecule has 0 aromatic carbocycles. The highest BCUT2D eigenvalue weighted by Gasteiger charge is 2.35. The molecule has 154 valence electrons. The van der Waals surface area contributed by atoms with Crippen molar-refractivity contribution in [2.75, 3.05) is 6.61 Å². The molecule has 0 spiro atoms. The van der Waals surface area contributed by atoms with Crippen LogP contribution in [0.25, 0.3) is 0 Å². The first-order chi connectivity index (χ1) is 12.9. The van der Waals surface area contributed by atoms with Crippen molar-refractivity contribution in [2.24, 2.45) is 0 Å². The topological polar surface area (TPSA) is 89.9 Å². The van der Waals surface area contributed by atoms with Crippen LogP contribution in [0.1, 0.15) is 90.9 Å². The lowest BCUT2D eigenvalue weighted by Gasteiger charge is -2.11. The monoisotopic (exact) mass is 382 g/mol. The van der Waals surface area contributed by atoms with E-state index in [9.17, 15) is 19.5 Å². The van der Waals surface area contributed by atoms with Crippen molar-refractivity contribution >= 4 is 17.9 Å². The summed E-state index contributed by atoms with van der Waals surface area (Å²) in [6.07, 6.45) is 12.5. The van der Waals surface area contributed by atoms with Crippen molar-refractivity contribution in [1.29, 1.82) is 0 Å². The zero-order valence-corrected chi connectivity index (χ0v) is 16.8. The Labute approximate surface area is 162 Å². The van der Waals surface area contributed by atoms with Crippen LogP contribution in [0.2, 0.25) is 0 Å². The number of cyclic esters (lactones) is 1. The first kappa shape index (κ1) is 23.2. The minimum Gasteiger partial charge on any atom is -0.478 e. The Morgan fingerprint density at radius 1 is 0.926 bits per heavy atom. The predicted molar refractivity (Wildman–Crippen MR) is 102 cm³/mol. The quantitative estimate of drug-likeness (QED) is 0.330. The fraction of sp³-hybridized carbons (Fsp3) is 0.762. The summed E-state index contributed by atoms with van der Waals surface area (Å²) < 4.78 is 10.0. The molecule has 0 fully saturated rings. The molecule has 1 heterocycles. The molecule has 1 aliphatic rings. The largest absolute Gasteiger partial charge is 0.478 e. The maximum absolute atomic E-state index is 11.5. The van der Waals surface area contributed by atoms with Gasteiger partial charge in [0, 0.05) is 12.5 Å². The molecule has 6 nitrogen and oxygen atoms in total. The van der Waals surface area contributed by atoms with Gasteiger partial charge in [-0.05, 0) is 26.2 Å². The van der Waals surface area contributed by atoms with Crippen molar-refractivity contribution in [1.82, 2.24) is 0 Å². The minimum absolute atomic E-state index is 0.132. The molecule has 1 aliphatic heterocycles. The smallest absolute Gasteiger partial charge is 0.335 e. The summed E-state index contributed by atoms with van der Waals surface area (Å²) in [5.74, 6) is -1.74. The van der Waals surface area contributed by atoms with Gasteiger partial charge in [-0.2, -0.15) is 0 Å². The molecule has 0 radical (unpaired) electrons. The average Bonchev–Trinajstić information content (AvgIpc) is 2.89. The third kappa shape index (κ3) is 9.59. The summed E-state index contributed by atoms with van der Waals surface area (Å²) in [7, 11) is 0. The normalized spacial score (nSPS) is 16.5. The van der Waals surface area contributed by atoms with E-state index in [4.69, 9.17) is 9.47 Å². The Morgan fingerprint density at radius 2 is 1.41 bits per heavy atom. The first-order valence-electron chi connectivity index (χ1n) is 10.2. The maximum Gasteiger partial charge on any atom is 0.335 e.